The van der Waals surface area contributed by atoms with Gasteiger partial charge in [0.1, 0.15) is 5.82 Å². The molecule has 1 amide bonds. The normalized spacial score (nSPS) is 15.0. The van der Waals surface area contributed by atoms with Crippen molar-refractivity contribution in [3.8, 4) is 11.3 Å². The molecule has 1 N–H and O–H groups in total. The van der Waals surface area contributed by atoms with E-state index in [0.717, 1.165) is 39.3 Å². The largest absolute Gasteiger partial charge is 0.379 e. The van der Waals surface area contributed by atoms with Crippen molar-refractivity contribution >= 4 is 17.0 Å². The fourth-order valence-electron chi connectivity index (χ4n) is 3.47. The van der Waals surface area contributed by atoms with Crippen molar-refractivity contribution in [2.75, 3.05) is 39.4 Å². The van der Waals surface area contributed by atoms with E-state index in [-0.39, 0.29) is 11.7 Å². The van der Waals surface area contributed by atoms with Crippen LogP contribution in [0.1, 0.15) is 22.5 Å². The molecule has 1 aromatic carbocycles. The molecular weight excluding hydrogens is 375 g/mol. The number of ether oxygens (including phenoxy) is 1. The fraction of sp³-hybridized carbons (Fsp3) is 0.381. The second-order valence-corrected chi connectivity index (χ2v) is 7.07. The van der Waals surface area contributed by atoms with Crippen LogP contribution in [0.15, 0.2) is 34.9 Å². The van der Waals surface area contributed by atoms with Crippen LogP contribution in [0.2, 0.25) is 0 Å². The summed E-state index contributed by atoms with van der Waals surface area (Å²) in [5.74, 6) is -0.530. The molecule has 1 aliphatic heterocycles. The van der Waals surface area contributed by atoms with Crippen LogP contribution >= 0.6 is 0 Å². The lowest BCUT2D eigenvalue weighted by atomic mass is 10.0. The number of fused-ring (bicyclic) bond motifs is 1. The van der Waals surface area contributed by atoms with E-state index in [4.69, 9.17) is 9.26 Å². The number of hydrogen-bond acceptors (Lipinski definition) is 6. The van der Waals surface area contributed by atoms with Crippen LogP contribution in [0.25, 0.3) is 22.4 Å². The van der Waals surface area contributed by atoms with Gasteiger partial charge in [0.05, 0.1) is 35.6 Å². The predicted octanol–water partition coefficient (Wildman–Crippen LogP) is 2.79. The molecule has 0 unspecified atom stereocenters. The second-order valence-electron chi connectivity index (χ2n) is 7.07. The van der Waals surface area contributed by atoms with Gasteiger partial charge in [-0.2, -0.15) is 0 Å². The molecule has 29 heavy (non-hydrogen) atoms. The van der Waals surface area contributed by atoms with Crippen LogP contribution in [0.5, 0.6) is 0 Å². The number of aromatic nitrogens is 2. The van der Waals surface area contributed by atoms with Crippen LogP contribution in [0.4, 0.5) is 4.39 Å². The summed E-state index contributed by atoms with van der Waals surface area (Å²) >= 11 is 0. The van der Waals surface area contributed by atoms with Gasteiger partial charge in [0.15, 0.2) is 0 Å². The van der Waals surface area contributed by atoms with Gasteiger partial charge in [0.2, 0.25) is 0 Å². The highest BCUT2D eigenvalue weighted by Gasteiger charge is 2.19. The van der Waals surface area contributed by atoms with Gasteiger partial charge in [-0.15, -0.1) is 0 Å². The first-order chi connectivity index (χ1) is 14.1. The van der Waals surface area contributed by atoms with Crippen LogP contribution in [-0.4, -0.2) is 60.3 Å². The summed E-state index contributed by atoms with van der Waals surface area (Å²) in [5, 5.41) is 7.53. The quantitative estimate of drug-likeness (QED) is 0.643. The first kappa shape index (κ1) is 19.5. The lowest BCUT2D eigenvalue weighted by Crippen LogP contribution is -2.38. The molecular formula is C21H23FN4O3. The highest BCUT2D eigenvalue weighted by molar-refractivity contribution is 6.06. The molecule has 8 heteroatoms. The third-order valence-corrected chi connectivity index (χ3v) is 5.04. The lowest BCUT2D eigenvalue weighted by molar-refractivity contribution is 0.0374. The first-order valence-corrected chi connectivity index (χ1v) is 9.73. The highest BCUT2D eigenvalue weighted by atomic mass is 19.1. The molecule has 0 radical (unpaired) electrons. The second kappa shape index (κ2) is 8.67. The van der Waals surface area contributed by atoms with Crippen molar-refractivity contribution in [2.45, 2.75) is 13.3 Å². The third kappa shape index (κ3) is 4.44. The van der Waals surface area contributed by atoms with Crippen molar-refractivity contribution in [1.29, 1.82) is 0 Å². The molecule has 0 aliphatic carbocycles. The summed E-state index contributed by atoms with van der Waals surface area (Å²) in [4.78, 5) is 19.7. The van der Waals surface area contributed by atoms with Crippen molar-refractivity contribution in [3.63, 3.8) is 0 Å². The molecule has 3 aromatic rings. The monoisotopic (exact) mass is 398 g/mol. The lowest BCUT2D eigenvalue weighted by Gasteiger charge is -2.26. The number of aryl methyl sites for hydroxylation is 1. The number of rotatable bonds is 6. The van der Waals surface area contributed by atoms with Gasteiger partial charge in [-0.25, -0.2) is 9.37 Å². The van der Waals surface area contributed by atoms with Gasteiger partial charge < -0.3 is 14.6 Å². The van der Waals surface area contributed by atoms with Gasteiger partial charge in [-0.1, -0.05) is 5.16 Å². The maximum absolute atomic E-state index is 13.3. The summed E-state index contributed by atoms with van der Waals surface area (Å²) in [6.45, 7) is 6.65. The maximum Gasteiger partial charge on any atom is 0.259 e. The minimum absolute atomic E-state index is 0.200. The van der Waals surface area contributed by atoms with E-state index in [2.05, 4.69) is 20.4 Å². The summed E-state index contributed by atoms with van der Waals surface area (Å²) in [6.07, 6.45) is 0.855. The Morgan fingerprint density at radius 2 is 2.00 bits per heavy atom. The van der Waals surface area contributed by atoms with Crippen molar-refractivity contribution in [2.24, 2.45) is 0 Å². The molecule has 4 rings (SSSR count). The summed E-state index contributed by atoms with van der Waals surface area (Å²) in [7, 11) is 0. The predicted molar refractivity (Wildman–Crippen MR) is 106 cm³/mol. The number of carbonyl (C=O) groups is 1. The molecule has 1 aliphatic rings. The summed E-state index contributed by atoms with van der Waals surface area (Å²) in [6, 6.07) is 7.67. The molecule has 0 spiro atoms. The Balaban J connectivity index is 1.51. The van der Waals surface area contributed by atoms with Gasteiger partial charge in [0, 0.05) is 25.2 Å². The highest BCUT2D eigenvalue weighted by Crippen LogP contribution is 2.27. The molecule has 152 valence electrons. The Labute approximate surface area is 167 Å². The zero-order valence-electron chi connectivity index (χ0n) is 16.3. The fourth-order valence-corrected chi connectivity index (χ4v) is 3.47. The Bertz CT molecular complexity index is 997. The van der Waals surface area contributed by atoms with Crippen LogP contribution < -0.4 is 5.32 Å². The average Bonchev–Trinajstić information content (AvgIpc) is 3.12. The number of amides is 1. The standard InChI is InChI=1S/C21H23FN4O3/c1-14-19-17(20(27)23-7-2-8-26-9-11-28-12-10-26)13-18(24-21(19)29-25-14)15-3-5-16(22)6-4-15/h3-6,13H,2,7-12H2,1H3,(H,23,27). The van der Waals surface area contributed by atoms with Gasteiger partial charge in [-0.05, 0) is 50.2 Å². The molecule has 3 heterocycles. The Hall–Kier alpha value is -2.84. The van der Waals surface area contributed by atoms with E-state index in [1.54, 1.807) is 25.1 Å². The Kier molecular flexibility index (Phi) is 5.82. The zero-order valence-corrected chi connectivity index (χ0v) is 16.3. The minimum atomic E-state index is -0.330. The topological polar surface area (TPSA) is 80.5 Å². The summed E-state index contributed by atoms with van der Waals surface area (Å²) in [5.41, 5.74) is 2.59. The number of benzene rings is 1. The number of carbonyl (C=O) groups excluding carboxylic acids is 1. The first-order valence-electron chi connectivity index (χ1n) is 9.73. The van der Waals surface area contributed by atoms with Gasteiger partial charge in [-0.3, -0.25) is 9.69 Å². The maximum atomic E-state index is 13.3. The molecule has 1 fully saturated rings. The molecule has 0 bridgehead atoms. The molecule has 0 saturated carbocycles. The molecule has 2 aromatic heterocycles. The minimum Gasteiger partial charge on any atom is -0.379 e. The SMILES string of the molecule is Cc1noc2nc(-c3ccc(F)cc3)cc(C(=O)NCCCN3CCOCC3)c12. The van der Waals surface area contributed by atoms with Crippen molar-refractivity contribution in [3.05, 3.63) is 47.4 Å². The Morgan fingerprint density at radius 3 is 2.76 bits per heavy atom. The molecule has 0 atom stereocenters. The Morgan fingerprint density at radius 1 is 1.24 bits per heavy atom. The van der Waals surface area contributed by atoms with E-state index in [1.165, 1.54) is 12.1 Å². The van der Waals surface area contributed by atoms with Crippen LogP contribution in [0, 0.1) is 12.7 Å². The third-order valence-electron chi connectivity index (χ3n) is 5.04. The summed E-state index contributed by atoms with van der Waals surface area (Å²) < 4.78 is 23.9. The number of morpholine rings is 1. The number of nitrogens with zero attached hydrogens (tertiary/aromatic N) is 3. The van der Waals surface area contributed by atoms with Crippen LogP contribution in [-0.2, 0) is 4.74 Å². The smallest absolute Gasteiger partial charge is 0.259 e. The number of halogens is 1. The molecule has 7 nitrogen and oxygen atoms in total. The molecule has 1 saturated heterocycles. The number of pyridine rings is 1. The van der Waals surface area contributed by atoms with E-state index in [9.17, 15) is 9.18 Å². The van der Waals surface area contributed by atoms with Gasteiger partial charge >= 0.3 is 0 Å². The number of hydrogen-bond donors (Lipinski definition) is 1. The van der Waals surface area contributed by atoms with E-state index >= 15 is 0 Å². The number of nitrogens with one attached hydrogen (secondary N) is 1. The van der Waals surface area contributed by atoms with Crippen LogP contribution in [0.3, 0.4) is 0 Å². The zero-order chi connectivity index (χ0) is 20.2. The van der Waals surface area contributed by atoms with E-state index in [0.29, 0.717) is 40.2 Å². The van der Waals surface area contributed by atoms with E-state index in [1.807, 2.05) is 0 Å². The van der Waals surface area contributed by atoms with E-state index < -0.39 is 0 Å². The van der Waals surface area contributed by atoms with Crippen molar-refractivity contribution in [1.82, 2.24) is 20.4 Å². The average molecular weight is 398 g/mol. The van der Waals surface area contributed by atoms with Crippen molar-refractivity contribution < 1.29 is 18.4 Å². The van der Waals surface area contributed by atoms with Gasteiger partial charge in [0.25, 0.3) is 11.6 Å².